The number of rotatable bonds is 5. The molecule has 1 heterocycles. The van der Waals surface area contributed by atoms with Gasteiger partial charge in [0.25, 0.3) is 0 Å². The third kappa shape index (κ3) is 6.01. The maximum Gasteiger partial charge on any atom is 0.164 e. The monoisotopic (exact) mass is 681 g/mol. The fourth-order valence-corrected chi connectivity index (χ4v) is 7.31. The van der Waals surface area contributed by atoms with Crippen LogP contribution in [0.3, 0.4) is 0 Å². The van der Waals surface area contributed by atoms with Crippen molar-refractivity contribution in [2.45, 2.75) is 0 Å². The Hall–Kier alpha value is -6.00. The van der Waals surface area contributed by atoms with Gasteiger partial charge in [-0.3, -0.25) is 0 Å². The predicted octanol–water partition coefficient (Wildman–Crippen LogP) is 3.22. The van der Waals surface area contributed by atoms with Gasteiger partial charge in [0.05, 0.1) is 0 Å². The van der Waals surface area contributed by atoms with Gasteiger partial charge in [-0.25, -0.2) is 15.0 Å². The highest BCUT2D eigenvalue weighted by Crippen LogP contribution is 2.32. The molecule has 55 heavy (non-hydrogen) atoms. The van der Waals surface area contributed by atoms with Crippen LogP contribution in [0.2, 0.25) is 0 Å². The molecule has 14 radical (unpaired) electrons. The number of nitrogens with zero attached hydrogens (tertiary/aromatic N) is 3. The van der Waals surface area contributed by atoms with E-state index in [9.17, 15) is 0 Å². The lowest BCUT2D eigenvalue weighted by atomic mass is 9.59. The Morgan fingerprint density at radius 1 is 0.273 bits per heavy atom. The van der Waals surface area contributed by atoms with Crippen LogP contribution in [0, 0.1) is 0 Å². The van der Waals surface area contributed by atoms with Gasteiger partial charge in [0.15, 0.2) is 17.5 Å². The van der Waals surface area contributed by atoms with E-state index in [0.717, 1.165) is 54.9 Å². The van der Waals surface area contributed by atoms with Crippen molar-refractivity contribution in [2.24, 2.45) is 0 Å². The minimum absolute atomic E-state index is 0.152. The second-order valence-corrected chi connectivity index (χ2v) is 13.6. The quantitative estimate of drug-likeness (QED) is 0.263. The lowest BCUT2D eigenvalue weighted by Gasteiger charge is -2.25. The maximum absolute atomic E-state index is 6.61. The first-order valence-electron chi connectivity index (χ1n) is 17.6. The van der Waals surface area contributed by atoms with E-state index in [1.54, 1.807) is 0 Å². The third-order valence-electron chi connectivity index (χ3n) is 10.3. The molecule has 0 aliphatic heterocycles. The van der Waals surface area contributed by atoms with Crippen LogP contribution in [0.1, 0.15) is 0 Å². The third-order valence-corrected chi connectivity index (χ3v) is 10.3. The summed E-state index contributed by atoms with van der Waals surface area (Å²) in [6, 6.07) is 45.1. The van der Waals surface area contributed by atoms with Crippen molar-refractivity contribution in [2.75, 3.05) is 0 Å². The smallest absolute Gasteiger partial charge is 0.164 e. The first kappa shape index (κ1) is 34.8. The number of aromatic nitrogens is 3. The van der Waals surface area contributed by atoms with E-state index in [1.807, 2.05) is 72.8 Å². The second kappa shape index (κ2) is 13.7. The summed E-state index contributed by atoms with van der Waals surface area (Å²) < 4.78 is 0. The van der Waals surface area contributed by atoms with Crippen LogP contribution in [0.5, 0.6) is 0 Å². The lowest BCUT2D eigenvalue weighted by Crippen LogP contribution is -2.52. The molecule has 0 unspecified atom stereocenters. The number of hydrogen-bond acceptors (Lipinski definition) is 3. The summed E-state index contributed by atoms with van der Waals surface area (Å²) in [5.74, 6) is 1.79. The first-order valence-corrected chi connectivity index (χ1v) is 17.6. The maximum atomic E-state index is 6.61. The van der Waals surface area contributed by atoms with E-state index >= 15 is 0 Å². The molecule has 238 valence electrons. The van der Waals surface area contributed by atoms with Gasteiger partial charge >= 0.3 is 0 Å². The molecule has 0 spiro atoms. The summed E-state index contributed by atoms with van der Waals surface area (Å²) in [6.07, 6.45) is 0. The summed E-state index contributed by atoms with van der Waals surface area (Å²) in [6.45, 7) is 0. The van der Waals surface area contributed by atoms with E-state index in [-0.39, 0.29) is 38.2 Å². The van der Waals surface area contributed by atoms with E-state index < -0.39 is 0 Å². The molecule has 0 aliphatic carbocycles. The van der Waals surface area contributed by atoms with Crippen LogP contribution in [-0.2, 0) is 0 Å². The van der Waals surface area contributed by atoms with Gasteiger partial charge < -0.3 is 0 Å². The van der Waals surface area contributed by atoms with Crippen LogP contribution in [0.25, 0.3) is 88.7 Å². The molecule has 1 aromatic heterocycles. The van der Waals surface area contributed by atoms with Gasteiger partial charge in [0, 0.05) is 16.7 Å². The van der Waals surface area contributed by atoms with Crippen molar-refractivity contribution in [3.8, 4) is 56.4 Å². The van der Waals surface area contributed by atoms with Crippen molar-refractivity contribution >= 4 is 125 Å². The molecule has 9 aromatic rings. The fourth-order valence-electron chi connectivity index (χ4n) is 7.31. The molecule has 0 amide bonds. The van der Waals surface area contributed by atoms with Crippen molar-refractivity contribution in [1.29, 1.82) is 0 Å². The number of fused-ring (bicyclic) bond motifs is 3. The second-order valence-electron chi connectivity index (χ2n) is 13.6. The fraction of sp³-hybridized carbons (Fsp3) is 0. The topological polar surface area (TPSA) is 38.7 Å². The van der Waals surface area contributed by atoms with Gasteiger partial charge in [0.1, 0.15) is 54.9 Å². The zero-order valence-corrected chi connectivity index (χ0v) is 29.6. The Balaban J connectivity index is 1.13. The molecule has 0 saturated heterocycles. The van der Waals surface area contributed by atoms with Crippen molar-refractivity contribution in [1.82, 2.24) is 15.0 Å². The molecular formula is C45H22B7N3. The summed E-state index contributed by atoms with van der Waals surface area (Å²) >= 11 is 0. The summed E-state index contributed by atoms with van der Waals surface area (Å²) in [5, 5.41) is 5.20. The Labute approximate surface area is 328 Å². The van der Waals surface area contributed by atoms with Gasteiger partial charge in [-0.2, -0.15) is 0 Å². The van der Waals surface area contributed by atoms with Crippen molar-refractivity contribution < 1.29 is 0 Å². The summed E-state index contributed by atoms with van der Waals surface area (Å²) in [7, 11) is 44.8. The highest BCUT2D eigenvalue weighted by molar-refractivity contribution is 6.71. The average Bonchev–Trinajstić information content (AvgIpc) is 3.23. The lowest BCUT2D eigenvalue weighted by molar-refractivity contribution is 1.07. The Morgan fingerprint density at radius 2 is 0.691 bits per heavy atom. The van der Waals surface area contributed by atoms with Gasteiger partial charge in [-0.1, -0.05) is 131 Å². The highest BCUT2D eigenvalue weighted by atomic mass is 15.0. The van der Waals surface area contributed by atoms with E-state index in [0.29, 0.717) is 33.8 Å². The zero-order valence-electron chi connectivity index (χ0n) is 29.6. The molecule has 0 bridgehead atoms. The zero-order chi connectivity index (χ0) is 38.0. The Kier molecular flexibility index (Phi) is 8.65. The summed E-state index contributed by atoms with van der Waals surface area (Å²) in [5.41, 5.74) is 7.55. The van der Waals surface area contributed by atoms with Gasteiger partial charge in [0.2, 0.25) is 0 Å². The minimum atomic E-state index is 0.152. The molecular weight excluding hydrogens is 658 g/mol. The van der Waals surface area contributed by atoms with Gasteiger partial charge in [-0.15, -0.1) is 16.4 Å². The van der Waals surface area contributed by atoms with Crippen LogP contribution in [-0.4, -0.2) is 69.9 Å². The summed E-state index contributed by atoms with van der Waals surface area (Å²) in [4.78, 5) is 14.9. The normalized spacial score (nSPS) is 11.4. The van der Waals surface area contributed by atoms with Gasteiger partial charge in [-0.05, 0) is 78.8 Å². The highest BCUT2D eigenvalue weighted by Gasteiger charge is 2.19. The number of hydrogen-bond donors (Lipinski definition) is 0. The standard InChI is InChI=1S/C45H22B7N3/c46-36-33(34-35(38(48)40(36)50)39(49)42(52)41(51)37(34)47)30-17-16-28-19-27(14-15-29(28)20-30)26-11-6-12-31(22-26)44-53-43(24-8-2-1-3-9-24)54-45(55-44)32-18-13-23-7-4-5-10-25(23)21-32/h1-22H. The number of benzene rings is 8. The predicted molar refractivity (Wildman–Crippen MR) is 237 cm³/mol. The molecule has 0 saturated carbocycles. The molecule has 0 atom stereocenters. The molecule has 0 fully saturated rings. The molecule has 8 aromatic carbocycles. The average molecular weight is 680 g/mol. The molecule has 0 N–H and O–H groups in total. The molecule has 9 rings (SSSR count). The molecule has 3 nitrogen and oxygen atoms in total. The SMILES string of the molecule is [B]c1c([B])c([B])c2c(-c3ccc4cc(-c5cccc(-c6nc(-c7ccccc7)nc(-c7ccc8ccccc8c7)n6)c5)ccc4c3)c([B])c([B])c([B])c2c1[B]. The minimum Gasteiger partial charge on any atom is -0.208 e. The van der Waals surface area contributed by atoms with Crippen LogP contribution in [0.4, 0.5) is 0 Å². The van der Waals surface area contributed by atoms with E-state index in [4.69, 9.17) is 69.9 Å². The Morgan fingerprint density at radius 3 is 1.38 bits per heavy atom. The van der Waals surface area contributed by atoms with Crippen LogP contribution in [0.15, 0.2) is 133 Å². The van der Waals surface area contributed by atoms with E-state index in [1.165, 1.54) is 0 Å². The molecule has 10 heteroatoms. The van der Waals surface area contributed by atoms with E-state index in [2.05, 4.69) is 60.7 Å². The largest absolute Gasteiger partial charge is 0.208 e. The van der Waals surface area contributed by atoms with Crippen molar-refractivity contribution in [3.05, 3.63) is 133 Å². The van der Waals surface area contributed by atoms with Crippen LogP contribution < -0.4 is 38.2 Å². The first-order chi connectivity index (χ1) is 26.7. The molecule has 0 aliphatic rings. The Bertz CT molecular complexity index is 3010. The van der Waals surface area contributed by atoms with Crippen molar-refractivity contribution in [3.63, 3.8) is 0 Å². The van der Waals surface area contributed by atoms with Crippen LogP contribution >= 0.6 is 0 Å².